The Kier molecular flexibility index (Phi) is 3.01. The molecule has 1 amide bonds. The van der Waals surface area contributed by atoms with Crippen LogP contribution in [0.2, 0.25) is 0 Å². The zero-order valence-electron chi connectivity index (χ0n) is 7.67. The fourth-order valence-corrected chi connectivity index (χ4v) is 0.820. The van der Waals surface area contributed by atoms with Crippen molar-refractivity contribution in [3.8, 4) is 0 Å². The van der Waals surface area contributed by atoms with Crippen LogP contribution in [0.4, 0.5) is 10.1 Å². The second-order valence-corrected chi connectivity index (χ2v) is 3.15. The van der Waals surface area contributed by atoms with Crippen LogP contribution in [0, 0.1) is 11.7 Å². The Balaban J connectivity index is 0.00000169. The van der Waals surface area contributed by atoms with Crippen LogP contribution in [-0.4, -0.2) is 5.91 Å². The van der Waals surface area contributed by atoms with Crippen molar-refractivity contribution >= 4 is 11.6 Å². The third-order valence-corrected chi connectivity index (χ3v) is 1.64. The minimum absolute atomic E-state index is 0. The summed E-state index contributed by atoms with van der Waals surface area (Å²) in [5.41, 5.74) is 0.625. The number of carbonyl (C=O) groups is 1. The normalized spacial score (nSPS) is 10.2. The first-order valence-corrected chi connectivity index (χ1v) is 4.16. The summed E-state index contributed by atoms with van der Waals surface area (Å²) in [7, 11) is 0. The Hall–Kier alpha value is -1.38. The van der Waals surface area contributed by atoms with Crippen molar-refractivity contribution in [2.75, 3.05) is 5.32 Å². The molecule has 0 radical (unpaired) electrons. The molecule has 0 bridgehead atoms. The predicted molar refractivity (Wildman–Crippen MR) is 52.0 cm³/mol. The molecule has 0 saturated heterocycles. The molecule has 1 aromatic carbocycles. The van der Waals surface area contributed by atoms with E-state index in [9.17, 15) is 9.18 Å². The Morgan fingerprint density at radius 1 is 1.38 bits per heavy atom. The molecule has 13 heavy (non-hydrogen) atoms. The predicted octanol–water partition coefficient (Wildman–Crippen LogP) is 2.67. The fraction of sp³-hybridized carbons (Fsp3) is 0.300. The number of hydrogen-bond donors (Lipinski definition) is 1. The van der Waals surface area contributed by atoms with Crippen molar-refractivity contribution in [2.45, 2.75) is 13.8 Å². The maximum Gasteiger partial charge on any atom is 0.226 e. The van der Waals surface area contributed by atoms with Gasteiger partial charge in [-0.1, -0.05) is 13.8 Å². The summed E-state index contributed by atoms with van der Waals surface area (Å²) in [6.45, 7) is 3.61. The van der Waals surface area contributed by atoms with E-state index < -0.39 is 0 Å². The molecule has 0 aromatic heterocycles. The average Bonchev–Trinajstić information content (AvgIpc) is 2.08. The summed E-state index contributed by atoms with van der Waals surface area (Å²) in [6.07, 6.45) is 0. The second kappa shape index (κ2) is 4.03. The van der Waals surface area contributed by atoms with Crippen LogP contribution < -0.4 is 5.32 Å². The van der Waals surface area contributed by atoms with Crippen LogP contribution >= 0.6 is 0 Å². The number of amides is 1. The van der Waals surface area contributed by atoms with E-state index in [2.05, 4.69) is 5.32 Å². The summed E-state index contributed by atoms with van der Waals surface area (Å²) < 4.78 is 12.5. The highest BCUT2D eigenvalue weighted by Gasteiger charge is 2.06. The molecular formula is C10H14FNO. The molecule has 0 aliphatic carbocycles. The Bertz CT molecular complexity index is 297. The van der Waals surface area contributed by atoms with Gasteiger partial charge in [-0.25, -0.2) is 4.39 Å². The molecular weight excluding hydrogens is 169 g/mol. The van der Waals surface area contributed by atoms with Crippen LogP contribution in [0.1, 0.15) is 15.3 Å². The highest BCUT2D eigenvalue weighted by atomic mass is 19.1. The first kappa shape index (κ1) is 9.71. The molecule has 0 heterocycles. The molecule has 0 aliphatic rings. The lowest BCUT2D eigenvalue weighted by Gasteiger charge is -2.06. The van der Waals surface area contributed by atoms with E-state index in [0.29, 0.717) is 5.69 Å². The van der Waals surface area contributed by atoms with Gasteiger partial charge in [-0.3, -0.25) is 4.79 Å². The van der Waals surface area contributed by atoms with Gasteiger partial charge in [-0.15, -0.1) is 0 Å². The SMILES string of the molecule is CC(C)C(=O)Nc1ccc(F)cc1.[HH]. The molecule has 1 rings (SSSR count). The lowest BCUT2D eigenvalue weighted by Crippen LogP contribution is -2.17. The third-order valence-electron chi connectivity index (χ3n) is 1.64. The standard InChI is InChI=1S/C10H12FNO.H2/c1-7(2)10(13)12-9-5-3-8(11)4-6-9;/h3-7H,1-2H3,(H,12,13);1H. The highest BCUT2D eigenvalue weighted by Crippen LogP contribution is 2.09. The van der Waals surface area contributed by atoms with E-state index in [1.165, 1.54) is 24.3 Å². The lowest BCUT2D eigenvalue weighted by molar-refractivity contribution is -0.118. The average molecular weight is 183 g/mol. The number of benzene rings is 1. The van der Waals surface area contributed by atoms with Gasteiger partial charge in [0.25, 0.3) is 0 Å². The Labute approximate surface area is 78.3 Å². The van der Waals surface area contributed by atoms with Gasteiger partial charge in [0.1, 0.15) is 5.82 Å². The van der Waals surface area contributed by atoms with Crippen LogP contribution in [0.15, 0.2) is 24.3 Å². The summed E-state index contributed by atoms with van der Waals surface area (Å²) >= 11 is 0. The van der Waals surface area contributed by atoms with Gasteiger partial charge in [0.2, 0.25) is 5.91 Å². The molecule has 0 aliphatic heterocycles. The molecule has 0 spiro atoms. The molecule has 0 fully saturated rings. The van der Waals surface area contributed by atoms with Crippen molar-refractivity contribution in [1.29, 1.82) is 0 Å². The van der Waals surface area contributed by atoms with E-state index in [4.69, 9.17) is 0 Å². The van der Waals surface area contributed by atoms with E-state index in [1.807, 2.05) is 0 Å². The third kappa shape index (κ3) is 2.86. The molecule has 1 N–H and O–H groups in total. The molecule has 3 heteroatoms. The maximum atomic E-state index is 12.5. The van der Waals surface area contributed by atoms with Gasteiger partial charge in [-0.2, -0.15) is 0 Å². The number of nitrogens with one attached hydrogen (secondary N) is 1. The lowest BCUT2D eigenvalue weighted by atomic mass is 10.2. The smallest absolute Gasteiger partial charge is 0.226 e. The highest BCUT2D eigenvalue weighted by molar-refractivity contribution is 5.91. The first-order chi connectivity index (χ1) is 6.09. The van der Waals surface area contributed by atoms with Crippen LogP contribution in [-0.2, 0) is 4.79 Å². The zero-order chi connectivity index (χ0) is 9.84. The van der Waals surface area contributed by atoms with Gasteiger partial charge >= 0.3 is 0 Å². The van der Waals surface area contributed by atoms with Crippen molar-refractivity contribution in [2.24, 2.45) is 5.92 Å². The Morgan fingerprint density at radius 2 is 1.92 bits per heavy atom. The van der Waals surface area contributed by atoms with Gasteiger partial charge in [0.05, 0.1) is 0 Å². The van der Waals surface area contributed by atoms with E-state index in [1.54, 1.807) is 13.8 Å². The molecule has 0 atom stereocenters. The fourth-order valence-electron chi connectivity index (χ4n) is 0.820. The van der Waals surface area contributed by atoms with Crippen LogP contribution in [0.3, 0.4) is 0 Å². The molecule has 0 unspecified atom stereocenters. The van der Waals surface area contributed by atoms with Crippen molar-refractivity contribution in [1.82, 2.24) is 0 Å². The van der Waals surface area contributed by atoms with Gasteiger partial charge in [0, 0.05) is 13.0 Å². The minimum atomic E-state index is -0.303. The van der Waals surface area contributed by atoms with Crippen LogP contribution in [0.5, 0.6) is 0 Å². The summed E-state index contributed by atoms with van der Waals surface area (Å²) in [5.74, 6) is -0.431. The van der Waals surface area contributed by atoms with Crippen molar-refractivity contribution < 1.29 is 10.6 Å². The number of hydrogen-bond acceptors (Lipinski definition) is 1. The number of carbonyl (C=O) groups excluding carboxylic acids is 1. The monoisotopic (exact) mass is 183 g/mol. The molecule has 1 aromatic rings. The molecule has 0 saturated carbocycles. The summed E-state index contributed by atoms with van der Waals surface area (Å²) in [6, 6.07) is 5.71. The maximum absolute atomic E-state index is 12.5. The Morgan fingerprint density at radius 3 is 2.38 bits per heavy atom. The number of halogens is 1. The van der Waals surface area contributed by atoms with Gasteiger partial charge < -0.3 is 5.32 Å². The number of rotatable bonds is 2. The quantitative estimate of drug-likeness (QED) is 0.750. The number of anilines is 1. The van der Waals surface area contributed by atoms with Crippen molar-refractivity contribution in [3.63, 3.8) is 0 Å². The molecule has 2 nitrogen and oxygen atoms in total. The topological polar surface area (TPSA) is 29.1 Å². The molecule has 72 valence electrons. The van der Waals surface area contributed by atoms with Gasteiger partial charge in [-0.05, 0) is 24.3 Å². The zero-order valence-corrected chi connectivity index (χ0v) is 7.67. The van der Waals surface area contributed by atoms with Crippen molar-refractivity contribution in [3.05, 3.63) is 30.1 Å². The minimum Gasteiger partial charge on any atom is -0.326 e. The van der Waals surface area contributed by atoms with Gasteiger partial charge in [0.15, 0.2) is 0 Å². The second-order valence-electron chi connectivity index (χ2n) is 3.15. The van der Waals surface area contributed by atoms with Crippen LogP contribution in [0.25, 0.3) is 0 Å². The summed E-state index contributed by atoms with van der Waals surface area (Å²) in [4.78, 5) is 11.2. The van der Waals surface area contributed by atoms with E-state index >= 15 is 0 Å². The largest absolute Gasteiger partial charge is 0.326 e. The first-order valence-electron chi connectivity index (χ1n) is 4.16. The summed E-state index contributed by atoms with van der Waals surface area (Å²) in [5, 5.41) is 2.66. The van der Waals surface area contributed by atoms with E-state index in [-0.39, 0.29) is 19.1 Å². The van der Waals surface area contributed by atoms with E-state index in [0.717, 1.165) is 0 Å².